The lowest BCUT2D eigenvalue weighted by atomic mass is 8.87. The van der Waals surface area contributed by atoms with Gasteiger partial charge in [-0.2, -0.15) is 0 Å². The molecule has 53 heavy (non-hydrogen) atoms. The second-order valence-electron chi connectivity index (χ2n) is 20.6. The summed E-state index contributed by atoms with van der Waals surface area (Å²) >= 11 is 0. The summed E-state index contributed by atoms with van der Waals surface area (Å²) < 4.78 is 61.8. The Morgan fingerprint density at radius 1 is 0.453 bits per heavy atom. The zero-order valence-corrected chi connectivity index (χ0v) is 45.6. The van der Waals surface area contributed by atoms with Gasteiger partial charge in [-0.05, 0) is 101 Å². The fraction of sp³-hybridized carbons (Fsp3) is 1.00. The first kappa shape index (κ1) is 43.8. The molecule has 7 aliphatic rings. The van der Waals surface area contributed by atoms with Crippen molar-refractivity contribution in [2.45, 2.75) is 208 Å². The van der Waals surface area contributed by atoms with E-state index >= 15 is 0 Å². The molecule has 0 aliphatic heterocycles. The van der Waals surface area contributed by atoms with Gasteiger partial charge in [0.15, 0.2) is 107 Å². The number of methoxy groups -OCH3 is 1. The topological polar surface area (TPSA) is 73.8 Å². The van der Waals surface area contributed by atoms with E-state index in [1.165, 1.54) is 19.3 Å². The van der Waals surface area contributed by atoms with Crippen LogP contribution in [0, 0.1) is 23.7 Å². The van der Waals surface area contributed by atoms with E-state index in [1.54, 1.807) is 0 Å². The summed E-state index contributed by atoms with van der Waals surface area (Å²) in [5.41, 5.74) is -6.94. The van der Waals surface area contributed by atoms with E-state index in [9.17, 15) is 0 Å². The number of rotatable bonds is 24. The van der Waals surface area contributed by atoms with Crippen LogP contribution < -0.4 is 0 Å². The Kier molecular flexibility index (Phi) is 11.0. The Labute approximate surface area is 335 Å². The zero-order chi connectivity index (χ0) is 39.7. The Bertz CT molecular complexity index is 1420. The van der Waals surface area contributed by atoms with E-state index in [-0.39, 0.29) is 0 Å². The van der Waals surface area contributed by atoms with Crippen LogP contribution in [0.15, 0.2) is 0 Å². The van der Waals surface area contributed by atoms with E-state index in [1.807, 2.05) is 7.11 Å². The van der Waals surface area contributed by atoms with Crippen LogP contribution in [0.5, 0.6) is 0 Å². The Hall–Kier alpha value is 1.20. The minimum atomic E-state index is -2.38. The molecular weight excluding hydrogens is 781 g/mol. The number of ether oxygens (including phenoxy) is 1. The van der Waals surface area contributed by atoms with Crippen molar-refractivity contribution in [3.8, 4) is 0 Å². The molecule has 0 radical (unpaired) electrons. The molecule has 0 bridgehead atoms. The van der Waals surface area contributed by atoms with Crippen LogP contribution in [0.25, 0.3) is 0 Å². The Morgan fingerprint density at radius 3 is 1.15 bits per heavy atom. The summed E-state index contributed by atoms with van der Waals surface area (Å²) in [7, 11) is -10.3. The molecule has 0 aromatic carbocycles. The fourth-order valence-corrected chi connectivity index (χ4v) is 26.7. The van der Waals surface area contributed by atoms with Gasteiger partial charge < -0.3 is 35.7 Å². The van der Waals surface area contributed by atoms with E-state index in [4.69, 9.17) is 35.7 Å². The number of hydrogen-bond acceptors (Lipinski definition) is 8. The third kappa shape index (κ3) is 4.25. The molecule has 7 aliphatic carbocycles. The predicted octanol–water partition coefficient (Wildman–Crippen LogP) is 7.10. The lowest BCUT2D eigenvalue weighted by Crippen LogP contribution is -3.53. The van der Waals surface area contributed by atoms with Crippen molar-refractivity contribution in [3.05, 3.63) is 0 Å². The summed E-state index contributed by atoms with van der Waals surface area (Å²) in [5.74, 6) is 3.16. The molecule has 0 saturated heterocycles. The summed E-state index contributed by atoms with van der Waals surface area (Å²) in [5, 5.41) is 0. The van der Waals surface area contributed by atoms with Crippen molar-refractivity contribution in [1.82, 2.24) is 0 Å². The third-order valence-electron chi connectivity index (χ3n) is 15.2. The van der Waals surface area contributed by atoms with Crippen molar-refractivity contribution in [2.75, 3.05) is 7.11 Å². The van der Waals surface area contributed by atoms with Crippen LogP contribution in [0.3, 0.4) is 0 Å². The molecule has 0 aromatic rings. The van der Waals surface area contributed by atoms with E-state index in [0.29, 0.717) is 0 Å². The molecular formula is C38H80O8Si7. The molecule has 0 N–H and O–H groups in total. The van der Waals surface area contributed by atoms with Gasteiger partial charge in [-0.3, -0.25) is 0 Å². The average molecular weight is 862 g/mol. The fourth-order valence-electron chi connectivity index (χ4n) is 14.7. The van der Waals surface area contributed by atoms with Gasteiger partial charge >= 0.3 is 0 Å². The third-order valence-corrected chi connectivity index (χ3v) is 25.8. The van der Waals surface area contributed by atoms with Crippen LogP contribution in [-0.4, -0.2) is 114 Å². The number of hydrogen-bond donors (Lipinski definition) is 0. The maximum atomic E-state index is 8.13. The SMILES string of the molecule is CCCC1C(C)C(C)C1CC[Si](C)(C)OC12C3(OC)C4(O[Si](C)(C)C)C1(O[SiH2]C)C1(O[SiH2]C)C2(O[SiH2]C)C3(O[Si](C)(C)CCC)C14O[Si](C)(C)CCC. The van der Waals surface area contributed by atoms with Gasteiger partial charge in [-0.25, -0.2) is 0 Å². The average Bonchev–Trinajstić information content (AvgIpc) is 3.04. The van der Waals surface area contributed by atoms with Crippen LogP contribution >= 0.6 is 0 Å². The molecule has 0 spiro atoms. The highest BCUT2D eigenvalue weighted by atomic mass is 28.4. The van der Waals surface area contributed by atoms with Crippen LogP contribution in [-0.2, 0) is 35.7 Å². The summed E-state index contributed by atoms with van der Waals surface area (Å²) in [6.45, 7) is 40.1. The van der Waals surface area contributed by atoms with Crippen LogP contribution in [0.2, 0.25) is 96.7 Å². The highest BCUT2D eigenvalue weighted by Gasteiger charge is 3.46. The maximum absolute atomic E-state index is 8.13. The molecule has 7 rings (SSSR count). The molecule has 15 heteroatoms. The van der Waals surface area contributed by atoms with Crippen molar-refractivity contribution in [2.24, 2.45) is 23.7 Å². The maximum Gasteiger partial charge on any atom is 0.188 e. The highest BCUT2D eigenvalue weighted by Crippen LogP contribution is 3.16. The minimum Gasteiger partial charge on any atom is -0.410 e. The smallest absolute Gasteiger partial charge is 0.188 e. The molecule has 8 nitrogen and oxygen atoms in total. The van der Waals surface area contributed by atoms with E-state index in [0.717, 1.165) is 54.6 Å². The van der Waals surface area contributed by atoms with Crippen molar-refractivity contribution in [1.29, 1.82) is 0 Å². The van der Waals surface area contributed by atoms with Gasteiger partial charge in [-0.1, -0.05) is 86.4 Å². The largest absolute Gasteiger partial charge is 0.410 e. The highest BCUT2D eigenvalue weighted by molar-refractivity contribution is 6.73. The second kappa shape index (κ2) is 13.4. The molecule has 0 heterocycles. The van der Waals surface area contributed by atoms with Crippen molar-refractivity contribution < 1.29 is 35.7 Å². The molecule has 308 valence electrons. The van der Waals surface area contributed by atoms with Crippen LogP contribution in [0.1, 0.15) is 66.7 Å². The second-order valence-corrected chi connectivity index (χ2v) is 40.3. The Morgan fingerprint density at radius 2 is 0.792 bits per heavy atom. The minimum absolute atomic E-state index is 0.765. The Balaban J connectivity index is 1.58. The monoisotopic (exact) mass is 860 g/mol. The van der Waals surface area contributed by atoms with Gasteiger partial charge in [0.1, 0.15) is 0 Å². The van der Waals surface area contributed by atoms with Gasteiger partial charge in [0.2, 0.25) is 0 Å². The van der Waals surface area contributed by atoms with Crippen molar-refractivity contribution >= 4 is 62.6 Å². The van der Waals surface area contributed by atoms with Gasteiger partial charge in [-0.15, -0.1) is 0 Å². The summed E-state index contributed by atoms with van der Waals surface area (Å²) in [6.07, 6.45) is 5.97. The molecule has 7 saturated carbocycles. The van der Waals surface area contributed by atoms with Crippen molar-refractivity contribution in [3.63, 3.8) is 0 Å². The van der Waals surface area contributed by atoms with Gasteiger partial charge in [0, 0.05) is 7.11 Å². The summed E-state index contributed by atoms with van der Waals surface area (Å²) in [6, 6.07) is 3.21. The normalized spacial score (nSPS) is 46.8. The molecule has 0 amide bonds. The van der Waals surface area contributed by atoms with Crippen LogP contribution in [0.4, 0.5) is 0 Å². The summed E-state index contributed by atoms with van der Waals surface area (Å²) in [4.78, 5) is 0. The molecule has 7 fully saturated rings. The first-order valence-electron chi connectivity index (χ1n) is 21.8. The standard InChI is InChI=1S/C38H80O8Si7/c1-19-22-29-27(4)28(5)30(29)23-26-53(17,18)44-35-31(39-6)36(43-50(10,11)12)33(35,41-48-8)32(40-47-7)34(35,42-49-9)37(31,45-51(13,14)24-20-2)38(32,36)46-52(15,16)25-21-3/h27-30H,19-26,47-49H2,1-18H3. The predicted molar refractivity (Wildman–Crippen MR) is 235 cm³/mol. The van der Waals surface area contributed by atoms with E-state index < -0.39 is 107 Å². The first-order valence-corrected chi connectivity index (χ1v) is 40.6. The van der Waals surface area contributed by atoms with E-state index in [2.05, 4.69) is 113 Å². The molecule has 12 atom stereocenters. The lowest BCUT2D eigenvalue weighted by Gasteiger charge is -3.24. The molecule has 12 unspecified atom stereocenters. The van der Waals surface area contributed by atoms with Gasteiger partial charge in [0.25, 0.3) is 0 Å². The quantitative estimate of drug-likeness (QED) is 0.0954. The lowest BCUT2D eigenvalue weighted by molar-refractivity contribution is -0.840. The van der Waals surface area contributed by atoms with Gasteiger partial charge in [0.05, 0.1) is 0 Å². The zero-order valence-electron chi connectivity index (χ0n) is 37.4. The molecule has 0 aromatic heterocycles. The first-order chi connectivity index (χ1) is 24.6.